The standard InChI is InChI=1S/C15H27N3O3/c19-14(20)7-3-1-2-4-9-16-15(21)17-12-8-11-18-10-5-6-13(12)18/h12-13H,1-11H2,(H,19,20)(H2,16,17,21). The summed E-state index contributed by atoms with van der Waals surface area (Å²) in [5.41, 5.74) is 0. The van der Waals surface area contributed by atoms with Crippen LogP contribution < -0.4 is 10.6 Å². The van der Waals surface area contributed by atoms with Crippen molar-refractivity contribution in [1.29, 1.82) is 0 Å². The predicted molar refractivity (Wildman–Crippen MR) is 80.3 cm³/mol. The first-order valence-electron chi connectivity index (χ1n) is 8.17. The van der Waals surface area contributed by atoms with Crippen LogP contribution in [0, 0.1) is 0 Å². The van der Waals surface area contributed by atoms with E-state index >= 15 is 0 Å². The number of carbonyl (C=O) groups excluding carboxylic acids is 1. The Hall–Kier alpha value is -1.30. The highest BCUT2D eigenvalue weighted by Gasteiger charge is 2.37. The Labute approximate surface area is 126 Å². The largest absolute Gasteiger partial charge is 0.481 e. The summed E-state index contributed by atoms with van der Waals surface area (Å²) in [6.45, 7) is 2.96. The van der Waals surface area contributed by atoms with Crippen LogP contribution in [0.3, 0.4) is 0 Å². The van der Waals surface area contributed by atoms with Gasteiger partial charge in [-0.2, -0.15) is 0 Å². The molecule has 2 amide bonds. The number of amides is 2. The zero-order chi connectivity index (χ0) is 15.1. The molecule has 0 aromatic carbocycles. The van der Waals surface area contributed by atoms with E-state index in [-0.39, 0.29) is 12.5 Å². The number of nitrogens with zero attached hydrogens (tertiary/aromatic N) is 1. The Balaban J connectivity index is 1.49. The molecule has 21 heavy (non-hydrogen) atoms. The first-order chi connectivity index (χ1) is 10.2. The quantitative estimate of drug-likeness (QED) is 0.594. The molecule has 0 aromatic rings. The number of carboxylic acid groups (broad SMARTS) is 1. The summed E-state index contributed by atoms with van der Waals surface area (Å²) in [4.78, 5) is 24.7. The van der Waals surface area contributed by atoms with Crippen molar-refractivity contribution in [1.82, 2.24) is 15.5 Å². The van der Waals surface area contributed by atoms with Gasteiger partial charge in [0.15, 0.2) is 0 Å². The van der Waals surface area contributed by atoms with Gasteiger partial charge in [0.2, 0.25) is 0 Å². The van der Waals surface area contributed by atoms with Gasteiger partial charge in [-0.05, 0) is 38.6 Å². The van der Waals surface area contributed by atoms with Gasteiger partial charge < -0.3 is 15.7 Å². The topological polar surface area (TPSA) is 81.7 Å². The summed E-state index contributed by atoms with van der Waals surface area (Å²) in [6, 6.07) is 0.800. The number of rotatable bonds is 8. The van der Waals surface area contributed by atoms with Gasteiger partial charge in [-0.15, -0.1) is 0 Å². The number of hydrogen-bond donors (Lipinski definition) is 3. The molecule has 2 aliphatic heterocycles. The van der Waals surface area contributed by atoms with E-state index in [2.05, 4.69) is 15.5 Å². The number of urea groups is 1. The molecule has 2 heterocycles. The summed E-state index contributed by atoms with van der Waals surface area (Å²) >= 11 is 0. The van der Waals surface area contributed by atoms with Crippen molar-refractivity contribution in [2.75, 3.05) is 19.6 Å². The Kier molecular flexibility index (Phi) is 6.29. The molecule has 0 spiro atoms. The van der Waals surface area contributed by atoms with Crippen molar-refractivity contribution >= 4 is 12.0 Å². The third kappa shape index (κ3) is 5.19. The van der Waals surface area contributed by atoms with Crippen LogP contribution in [0.1, 0.15) is 51.4 Å². The summed E-state index contributed by atoms with van der Waals surface area (Å²) in [5.74, 6) is -0.731. The fraction of sp³-hybridized carbons (Fsp3) is 0.867. The maximum atomic E-state index is 11.8. The molecule has 2 fully saturated rings. The normalized spacial score (nSPS) is 24.8. The lowest BCUT2D eigenvalue weighted by molar-refractivity contribution is -0.137. The number of carbonyl (C=O) groups is 2. The van der Waals surface area contributed by atoms with E-state index in [0.29, 0.717) is 18.6 Å². The van der Waals surface area contributed by atoms with Gasteiger partial charge in [-0.1, -0.05) is 12.8 Å². The lowest BCUT2D eigenvalue weighted by Gasteiger charge is -2.21. The second kappa shape index (κ2) is 8.22. The molecule has 0 aliphatic carbocycles. The lowest BCUT2D eigenvalue weighted by atomic mass is 10.1. The van der Waals surface area contributed by atoms with Crippen molar-refractivity contribution in [3.63, 3.8) is 0 Å². The summed E-state index contributed by atoms with van der Waals surface area (Å²) in [6.07, 6.45) is 7.27. The molecule has 6 nitrogen and oxygen atoms in total. The van der Waals surface area contributed by atoms with Gasteiger partial charge in [0.25, 0.3) is 0 Å². The van der Waals surface area contributed by atoms with Gasteiger partial charge >= 0.3 is 12.0 Å². The van der Waals surface area contributed by atoms with Crippen LogP contribution >= 0.6 is 0 Å². The van der Waals surface area contributed by atoms with Gasteiger partial charge in [-0.3, -0.25) is 9.69 Å². The molecule has 2 atom stereocenters. The lowest BCUT2D eigenvalue weighted by Crippen LogP contribution is -2.47. The number of unbranched alkanes of at least 4 members (excludes halogenated alkanes) is 3. The molecule has 2 saturated heterocycles. The monoisotopic (exact) mass is 297 g/mol. The smallest absolute Gasteiger partial charge is 0.315 e. The van der Waals surface area contributed by atoms with Crippen LogP contribution in [0.4, 0.5) is 4.79 Å². The maximum absolute atomic E-state index is 11.8. The molecule has 2 unspecified atom stereocenters. The second-order valence-corrected chi connectivity index (χ2v) is 6.10. The van der Waals surface area contributed by atoms with Crippen LogP contribution in [0.15, 0.2) is 0 Å². The molecular formula is C15H27N3O3. The van der Waals surface area contributed by atoms with Crippen LogP contribution in [0.2, 0.25) is 0 Å². The number of hydrogen-bond acceptors (Lipinski definition) is 3. The van der Waals surface area contributed by atoms with Crippen LogP contribution in [0.5, 0.6) is 0 Å². The van der Waals surface area contributed by atoms with E-state index in [9.17, 15) is 9.59 Å². The van der Waals surface area contributed by atoms with Crippen molar-refractivity contribution in [2.24, 2.45) is 0 Å². The van der Waals surface area contributed by atoms with Gasteiger partial charge in [0, 0.05) is 31.6 Å². The SMILES string of the molecule is O=C(O)CCCCCCNC(=O)NC1CCN2CCCC12. The zero-order valence-corrected chi connectivity index (χ0v) is 12.6. The molecule has 0 aromatic heterocycles. The molecule has 0 saturated carbocycles. The van der Waals surface area contributed by atoms with Crippen molar-refractivity contribution < 1.29 is 14.7 Å². The Bertz CT molecular complexity index is 362. The van der Waals surface area contributed by atoms with E-state index in [1.807, 2.05) is 0 Å². The molecule has 0 radical (unpaired) electrons. The molecule has 2 aliphatic rings. The Morgan fingerprint density at radius 2 is 1.90 bits per heavy atom. The van der Waals surface area contributed by atoms with Crippen LogP contribution in [0.25, 0.3) is 0 Å². The summed E-state index contributed by atoms with van der Waals surface area (Å²) < 4.78 is 0. The fourth-order valence-corrected chi connectivity index (χ4v) is 3.43. The number of fused-ring (bicyclic) bond motifs is 1. The predicted octanol–water partition coefficient (Wildman–Crippen LogP) is 1.56. The van der Waals surface area contributed by atoms with E-state index in [0.717, 1.165) is 38.6 Å². The summed E-state index contributed by atoms with van der Waals surface area (Å²) in [5, 5.41) is 14.5. The zero-order valence-electron chi connectivity index (χ0n) is 12.6. The molecule has 2 rings (SSSR count). The fourth-order valence-electron chi connectivity index (χ4n) is 3.43. The van der Waals surface area contributed by atoms with E-state index < -0.39 is 5.97 Å². The maximum Gasteiger partial charge on any atom is 0.315 e. The molecule has 0 bridgehead atoms. The van der Waals surface area contributed by atoms with Crippen molar-refractivity contribution in [3.05, 3.63) is 0 Å². The Morgan fingerprint density at radius 3 is 2.71 bits per heavy atom. The average molecular weight is 297 g/mol. The van der Waals surface area contributed by atoms with Gasteiger partial charge in [0.05, 0.1) is 0 Å². The van der Waals surface area contributed by atoms with E-state index in [1.54, 1.807) is 0 Å². The average Bonchev–Trinajstić information content (AvgIpc) is 3.02. The Morgan fingerprint density at radius 1 is 1.10 bits per heavy atom. The second-order valence-electron chi connectivity index (χ2n) is 6.10. The van der Waals surface area contributed by atoms with Crippen LogP contribution in [-0.4, -0.2) is 53.7 Å². The molecule has 3 N–H and O–H groups in total. The number of aliphatic carboxylic acids is 1. The minimum atomic E-state index is -0.731. The number of carboxylic acids is 1. The van der Waals surface area contributed by atoms with Gasteiger partial charge in [0.1, 0.15) is 0 Å². The molecule has 6 heteroatoms. The first kappa shape index (κ1) is 16.1. The number of nitrogens with one attached hydrogen (secondary N) is 2. The first-order valence-corrected chi connectivity index (χ1v) is 8.17. The highest BCUT2D eigenvalue weighted by molar-refractivity contribution is 5.74. The molecular weight excluding hydrogens is 270 g/mol. The van der Waals surface area contributed by atoms with E-state index in [4.69, 9.17) is 5.11 Å². The van der Waals surface area contributed by atoms with Gasteiger partial charge in [-0.25, -0.2) is 4.79 Å². The van der Waals surface area contributed by atoms with Crippen molar-refractivity contribution in [2.45, 2.75) is 63.5 Å². The molecule has 120 valence electrons. The minimum Gasteiger partial charge on any atom is -0.481 e. The van der Waals surface area contributed by atoms with E-state index in [1.165, 1.54) is 19.4 Å². The third-order valence-electron chi connectivity index (χ3n) is 4.53. The summed E-state index contributed by atoms with van der Waals surface area (Å²) in [7, 11) is 0. The van der Waals surface area contributed by atoms with Crippen molar-refractivity contribution in [3.8, 4) is 0 Å². The highest BCUT2D eigenvalue weighted by atomic mass is 16.4. The minimum absolute atomic E-state index is 0.0562. The third-order valence-corrected chi connectivity index (χ3v) is 4.53. The van der Waals surface area contributed by atoms with Crippen LogP contribution in [-0.2, 0) is 4.79 Å². The highest BCUT2D eigenvalue weighted by Crippen LogP contribution is 2.27.